The van der Waals surface area contributed by atoms with E-state index >= 15 is 0 Å². The van der Waals surface area contributed by atoms with Gasteiger partial charge in [-0.25, -0.2) is 9.59 Å². The lowest BCUT2D eigenvalue weighted by atomic mass is 9.97. The summed E-state index contributed by atoms with van der Waals surface area (Å²) < 4.78 is 6.57. The van der Waals surface area contributed by atoms with Crippen LogP contribution >= 0.6 is 0 Å². The number of aryl methyl sites for hydroxylation is 1. The summed E-state index contributed by atoms with van der Waals surface area (Å²) in [5.74, 6) is 0.245. The highest BCUT2D eigenvalue weighted by Gasteiger charge is 2.16. The maximum Gasteiger partial charge on any atom is 0.354 e. The summed E-state index contributed by atoms with van der Waals surface area (Å²) in [6.07, 6.45) is 7.20. The zero-order valence-corrected chi connectivity index (χ0v) is 26.2. The van der Waals surface area contributed by atoms with Gasteiger partial charge in [0, 0.05) is 35.9 Å². The van der Waals surface area contributed by atoms with Gasteiger partial charge < -0.3 is 26.5 Å². The quantitative estimate of drug-likeness (QED) is 0.0646. The number of aromatic amines is 1. The molecule has 2 unspecified atom stereocenters. The maximum atomic E-state index is 13.1. The minimum absolute atomic E-state index is 0.0924. The number of nitrogens with one attached hydrogen (secondary N) is 2. The van der Waals surface area contributed by atoms with Gasteiger partial charge in [-0.3, -0.25) is 9.56 Å². The van der Waals surface area contributed by atoms with Gasteiger partial charge in [0.2, 0.25) is 0 Å². The molecule has 0 aliphatic heterocycles. The first kappa shape index (κ1) is 32.6. The minimum atomic E-state index is -0.365. The van der Waals surface area contributed by atoms with Crippen molar-refractivity contribution < 1.29 is 9.53 Å². The molecule has 0 amide bonds. The highest BCUT2D eigenvalue weighted by atomic mass is 16.5. The third-order valence-electron chi connectivity index (χ3n) is 7.67. The van der Waals surface area contributed by atoms with E-state index in [2.05, 4.69) is 39.3 Å². The Kier molecular flexibility index (Phi) is 11.5. The summed E-state index contributed by atoms with van der Waals surface area (Å²) in [5, 5.41) is 4.44. The minimum Gasteiger partial charge on any atom is -0.465 e. The Morgan fingerprint density at radius 3 is 2.59 bits per heavy atom. The molecule has 10 heteroatoms. The lowest BCUT2D eigenvalue weighted by molar-refractivity contribution is 0.0599. The van der Waals surface area contributed by atoms with Crippen LogP contribution < -0.4 is 22.5 Å². The largest absolute Gasteiger partial charge is 0.465 e. The second kappa shape index (κ2) is 15.4. The highest BCUT2D eigenvalue weighted by molar-refractivity contribution is 5.92. The Bertz CT molecular complexity index is 1630. The van der Waals surface area contributed by atoms with Crippen molar-refractivity contribution in [1.82, 2.24) is 19.9 Å². The Hall–Kier alpha value is -4.28. The van der Waals surface area contributed by atoms with E-state index in [-0.39, 0.29) is 23.7 Å². The molecule has 6 N–H and O–H groups in total. The fraction of sp³-hybridized carbons (Fsp3) is 0.412. The Morgan fingerprint density at radius 2 is 1.91 bits per heavy atom. The van der Waals surface area contributed by atoms with Crippen LogP contribution in [0.15, 0.2) is 64.5 Å². The van der Waals surface area contributed by atoms with Crippen LogP contribution in [0.2, 0.25) is 0 Å². The number of carbonyl (C=O) groups is 1. The van der Waals surface area contributed by atoms with Gasteiger partial charge in [0.1, 0.15) is 5.65 Å². The summed E-state index contributed by atoms with van der Waals surface area (Å²) in [5.41, 5.74) is 16.8. The first-order valence-electron chi connectivity index (χ1n) is 15.4. The van der Waals surface area contributed by atoms with Crippen molar-refractivity contribution in [2.24, 2.45) is 16.5 Å². The molecule has 4 rings (SSSR count). The molecule has 2 atom stereocenters. The fourth-order valence-corrected chi connectivity index (χ4v) is 5.38. The van der Waals surface area contributed by atoms with Crippen molar-refractivity contribution in [2.45, 2.75) is 71.4 Å². The predicted octanol–water partition coefficient (Wildman–Crippen LogP) is 5.04. The summed E-state index contributed by atoms with van der Waals surface area (Å²) >= 11 is 0. The number of amidine groups is 1. The van der Waals surface area contributed by atoms with Crippen LogP contribution in [0.3, 0.4) is 0 Å². The topological polar surface area (TPSA) is 153 Å². The maximum absolute atomic E-state index is 13.1. The molecule has 2 aromatic heterocycles. The van der Waals surface area contributed by atoms with Gasteiger partial charge in [-0.1, -0.05) is 31.5 Å². The molecule has 0 bridgehead atoms. The second-order valence-electron chi connectivity index (χ2n) is 11.4. The summed E-state index contributed by atoms with van der Waals surface area (Å²) in [6.45, 7) is 7.51. The average Bonchev–Trinajstić information content (AvgIpc) is 3.42. The number of hydrogen-bond acceptors (Lipinski definition) is 7. The summed E-state index contributed by atoms with van der Waals surface area (Å²) in [4.78, 5) is 37.3. The van der Waals surface area contributed by atoms with Crippen molar-refractivity contribution >= 4 is 22.8 Å². The molecule has 0 spiro atoms. The molecule has 0 aliphatic rings. The van der Waals surface area contributed by atoms with Crippen LogP contribution in [-0.2, 0) is 11.2 Å². The first-order valence-corrected chi connectivity index (χ1v) is 15.4. The van der Waals surface area contributed by atoms with Crippen molar-refractivity contribution in [3.05, 3.63) is 81.9 Å². The van der Waals surface area contributed by atoms with E-state index in [1.807, 2.05) is 43.5 Å². The summed E-state index contributed by atoms with van der Waals surface area (Å²) in [7, 11) is 1.39. The number of aliphatic imine (C=N–C) groups is 1. The third-order valence-corrected chi connectivity index (χ3v) is 7.67. The first-order chi connectivity index (χ1) is 21.2. The molecule has 0 saturated carbocycles. The van der Waals surface area contributed by atoms with Gasteiger partial charge >= 0.3 is 11.7 Å². The lowest BCUT2D eigenvalue weighted by Gasteiger charge is -2.19. The number of hydrogen-bond donors (Lipinski definition) is 4. The lowest BCUT2D eigenvalue weighted by Crippen LogP contribution is -2.23. The SMILES string of the molecule is CCCC(NCCCN=C(C)N)c1ccc(-n2cc3cc(-c4ccc(C(=O)OC)c(CCCC(C)N)c4)[nH]c3nc2=O)cc1. The predicted molar refractivity (Wildman–Crippen MR) is 177 cm³/mol. The van der Waals surface area contributed by atoms with Crippen LogP contribution in [0.1, 0.15) is 80.4 Å². The highest BCUT2D eigenvalue weighted by Crippen LogP contribution is 2.27. The zero-order valence-electron chi connectivity index (χ0n) is 26.2. The number of rotatable bonds is 15. The molecule has 2 heterocycles. The number of nitrogens with two attached hydrogens (primary N) is 2. The third kappa shape index (κ3) is 8.42. The number of methoxy groups -OCH3 is 1. The zero-order chi connectivity index (χ0) is 31.6. The van der Waals surface area contributed by atoms with Gasteiger partial charge in [0.25, 0.3) is 0 Å². The smallest absolute Gasteiger partial charge is 0.354 e. The number of carbonyl (C=O) groups excluding carboxylic acids is 1. The Balaban J connectivity index is 1.56. The van der Waals surface area contributed by atoms with E-state index in [1.165, 1.54) is 12.7 Å². The van der Waals surface area contributed by atoms with Crippen LogP contribution in [0, 0.1) is 0 Å². The van der Waals surface area contributed by atoms with E-state index in [0.29, 0.717) is 30.0 Å². The average molecular weight is 600 g/mol. The van der Waals surface area contributed by atoms with Gasteiger partial charge in [-0.05, 0) is 99.5 Å². The number of aromatic nitrogens is 3. The van der Waals surface area contributed by atoms with Gasteiger partial charge in [0.05, 0.1) is 24.2 Å². The van der Waals surface area contributed by atoms with E-state index in [0.717, 1.165) is 66.5 Å². The normalized spacial score (nSPS) is 13.2. The monoisotopic (exact) mass is 599 g/mol. The van der Waals surface area contributed by atoms with Crippen molar-refractivity contribution in [1.29, 1.82) is 0 Å². The summed E-state index contributed by atoms with van der Waals surface area (Å²) in [6, 6.07) is 16.0. The molecule has 10 nitrogen and oxygen atoms in total. The van der Waals surface area contributed by atoms with Gasteiger partial charge in [-0.15, -0.1) is 0 Å². The number of benzene rings is 2. The van der Waals surface area contributed by atoms with E-state index in [9.17, 15) is 9.59 Å². The Morgan fingerprint density at radius 1 is 1.14 bits per heavy atom. The molecule has 44 heavy (non-hydrogen) atoms. The van der Waals surface area contributed by atoms with Crippen LogP contribution in [-0.4, -0.2) is 52.6 Å². The second-order valence-corrected chi connectivity index (χ2v) is 11.4. The molecule has 234 valence electrons. The van der Waals surface area contributed by atoms with Crippen molar-refractivity contribution in [3.8, 4) is 16.9 Å². The van der Waals surface area contributed by atoms with Crippen molar-refractivity contribution in [3.63, 3.8) is 0 Å². The van der Waals surface area contributed by atoms with E-state index in [1.54, 1.807) is 17.6 Å². The molecule has 0 saturated heterocycles. The van der Waals surface area contributed by atoms with E-state index < -0.39 is 0 Å². The van der Waals surface area contributed by atoms with Gasteiger partial charge in [-0.2, -0.15) is 4.98 Å². The number of fused-ring (bicyclic) bond motifs is 1. The van der Waals surface area contributed by atoms with Crippen LogP contribution in [0.4, 0.5) is 0 Å². The molecule has 0 aliphatic carbocycles. The molecule has 0 radical (unpaired) electrons. The number of ether oxygens (including phenoxy) is 1. The molecular formula is C34H45N7O3. The van der Waals surface area contributed by atoms with Crippen LogP contribution in [0.25, 0.3) is 28.0 Å². The fourth-order valence-electron chi connectivity index (χ4n) is 5.38. The molecule has 2 aromatic carbocycles. The number of nitrogens with zero attached hydrogens (tertiary/aromatic N) is 3. The number of H-pyrrole nitrogens is 1. The van der Waals surface area contributed by atoms with Crippen LogP contribution in [0.5, 0.6) is 0 Å². The number of esters is 1. The van der Waals surface area contributed by atoms with Gasteiger partial charge in [0.15, 0.2) is 0 Å². The van der Waals surface area contributed by atoms with E-state index in [4.69, 9.17) is 16.2 Å². The Labute approximate surface area is 258 Å². The standard InChI is InChI=1S/C34H45N7O3/c1-5-8-30(38-18-7-17-37-23(3)36)24-11-14-28(15-12-24)41-21-27-20-31(39-32(27)40-34(41)43)26-13-16-29(33(42)44-4)25(19-26)10-6-9-22(2)35/h11-16,19-22,30,38H,5-10,17-18,35H2,1-4H3,(H2,36,37)(H,39,40,43). The van der Waals surface area contributed by atoms with Crippen molar-refractivity contribution in [2.75, 3.05) is 20.2 Å². The molecule has 4 aromatic rings. The molecule has 0 fully saturated rings. The molecular weight excluding hydrogens is 554 g/mol.